The monoisotopic (exact) mass is 240 g/mol. The van der Waals surface area contributed by atoms with Crippen molar-refractivity contribution in [2.24, 2.45) is 10.8 Å². The molecule has 1 fully saturated rings. The first kappa shape index (κ1) is 14.5. The third-order valence-corrected chi connectivity index (χ3v) is 3.93. The van der Waals surface area contributed by atoms with Crippen molar-refractivity contribution < 1.29 is 9.53 Å². The standard InChI is InChI=1S/C15H28O2/c1-13(2,3)12(16)17-15(14(4,5)6)10-8-7-9-11-15/h7-11H2,1-6H3. The van der Waals surface area contributed by atoms with E-state index in [1.807, 2.05) is 20.8 Å². The molecule has 0 radical (unpaired) electrons. The van der Waals surface area contributed by atoms with Crippen molar-refractivity contribution in [3.8, 4) is 0 Å². The zero-order chi connectivity index (χ0) is 13.3. The summed E-state index contributed by atoms with van der Waals surface area (Å²) < 4.78 is 5.97. The van der Waals surface area contributed by atoms with Gasteiger partial charge in [-0.2, -0.15) is 0 Å². The second-order valence-electron chi connectivity index (χ2n) is 7.44. The minimum absolute atomic E-state index is 0.0222. The Kier molecular flexibility index (Phi) is 3.95. The van der Waals surface area contributed by atoms with Crippen molar-refractivity contribution in [1.29, 1.82) is 0 Å². The summed E-state index contributed by atoms with van der Waals surface area (Å²) in [7, 11) is 0. The summed E-state index contributed by atoms with van der Waals surface area (Å²) in [4.78, 5) is 12.2. The predicted molar refractivity (Wildman–Crippen MR) is 70.8 cm³/mol. The first-order valence-corrected chi connectivity index (χ1v) is 6.82. The number of ether oxygens (including phenoxy) is 1. The number of hydrogen-bond donors (Lipinski definition) is 0. The highest BCUT2D eigenvalue weighted by molar-refractivity contribution is 5.75. The van der Waals surface area contributed by atoms with Crippen LogP contribution in [0.15, 0.2) is 0 Å². The summed E-state index contributed by atoms with van der Waals surface area (Å²) in [5.41, 5.74) is -0.639. The molecule has 0 atom stereocenters. The molecule has 1 aliphatic carbocycles. The van der Waals surface area contributed by atoms with Crippen LogP contribution in [-0.4, -0.2) is 11.6 Å². The van der Waals surface area contributed by atoms with Crippen LogP contribution in [0.25, 0.3) is 0 Å². The summed E-state index contributed by atoms with van der Waals surface area (Å²) in [6.07, 6.45) is 5.64. The van der Waals surface area contributed by atoms with Crippen LogP contribution in [0.2, 0.25) is 0 Å². The molecule has 0 amide bonds. The third-order valence-electron chi connectivity index (χ3n) is 3.93. The molecule has 0 N–H and O–H groups in total. The highest BCUT2D eigenvalue weighted by Crippen LogP contribution is 2.45. The van der Waals surface area contributed by atoms with Gasteiger partial charge in [0.1, 0.15) is 5.60 Å². The number of carbonyl (C=O) groups is 1. The van der Waals surface area contributed by atoms with Crippen LogP contribution in [0.3, 0.4) is 0 Å². The summed E-state index contributed by atoms with van der Waals surface area (Å²) >= 11 is 0. The lowest BCUT2D eigenvalue weighted by atomic mass is 9.68. The summed E-state index contributed by atoms with van der Waals surface area (Å²) in [6, 6.07) is 0. The molecule has 0 aromatic heterocycles. The molecule has 0 aromatic carbocycles. The van der Waals surface area contributed by atoms with E-state index in [4.69, 9.17) is 4.74 Å². The van der Waals surface area contributed by atoms with Gasteiger partial charge in [0.2, 0.25) is 0 Å². The fraction of sp³-hybridized carbons (Fsp3) is 0.933. The van der Waals surface area contributed by atoms with Gasteiger partial charge in [-0.1, -0.05) is 27.2 Å². The smallest absolute Gasteiger partial charge is 0.311 e. The largest absolute Gasteiger partial charge is 0.458 e. The average molecular weight is 240 g/mol. The van der Waals surface area contributed by atoms with E-state index < -0.39 is 5.41 Å². The van der Waals surface area contributed by atoms with Crippen molar-refractivity contribution in [2.75, 3.05) is 0 Å². The molecule has 1 saturated carbocycles. The molecule has 2 nitrogen and oxygen atoms in total. The first-order valence-electron chi connectivity index (χ1n) is 6.82. The number of rotatable bonds is 1. The molecule has 17 heavy (non-hydrogen) atoms. The number of esters is 1. The van der Waals surface area contributed by atoms with Gasteiger partial charge in [-0.05, 0) is 46.5 Å². The highest BCUT2D eigenvalue weighted by Gasteiger charge is 2.47. The van der Waals surface area contributed by atoms with Gasteiger partial charge < -0.3 is 4.74 Å². The van der Waals surface area contributed by atoms with Crippen molar-refractivity contribution in [2.45, 2.75) is 79.2 Å². The molecule has 100 valence electrons. The molecule has 0 heterocycles. The number of hydrogen-bond acceptors (Lipinski definition) is 2. The van der Waals surface area contributed by atoms with E-state index in [-0.39, 0.29) is 17.0 Å². The zero-order valence-corrected chi connectivity index (χ0v) is 12.4. The Morgan fingerprint density at radius 1 is 0.941 bits per heavy atom. The second-order valence-corrected chi connectivity index (χ2v) is 7.44. The molecular weight excluding hydrogens is 212 g/mol. The van der Waals surface area contributed by atoms with E-state index in [0.29, 0.717) is 0 Å². The Morgan fingerprint density at radius 2 is 1.41 bits per heavy atom. The van der Waals surface area contributed by atoms with Crippen LogP contribution in [-0.2, 0) is 9.53 Å². The molecule has 0 unspecified atom stereocenters. The topological polar surface area (TPSA) is 26.3 Å². The van der Waals surface area contributed by atoms with E-state index >= 15 is 0 Å². The van der Waals surface area contributed by atoms with E-state index in [1.165, 1.54) is 19.3 Å². The lowest BCUT2D eigenvalue weighted by Gasteiger charge is -2.47. The summed E-state index contributed by atoms with van der Waals surface area (Å²) in [5, 5.41) is 0. The van der Waals surface area contributed by atoms with Gasteiger partial charge in [-0.3, -0.25) is 4.79 Å². The van der Waals surface area contributed by atoms with Gasteiger partial charge in [0.05, 0.1) is 5.41 Å². The molecule has 1 aliphatic rings. The molecule has 0 saturated heterocycles. The van der Waals surface area contributed by atoms with E-state index in [0.717, 1.165) is 12.8 Å². The fourth-order valence-electron chi connectivity index (χ4n) is 2.46. The lowest BCUT2D eigenvalue weighted by Crippen LogP contribution is -2.50. The highest BCUT2D eigenvalue weighted by atomic mass is 16.6. The third kappa shape index (κ3) is 3.23. The predicted octanol–water partition coefficient (Wildman–Crippen LogP) is 4.32. The SMILES string of the molecule is CC(C)(C)C(=O)OC1(C(C)(C)C)CCCCC1. The maximum Gasteiger partial charge on any atom is 0.311 e. The second kappa shape index (κ2) is 4.62. The quantitative estimate of drug-likeness (QED) is 0.638. The van der Waals surface area contributed by atoms with Crippen LogP contribution in [0, 0.1) is 10.8 Å². The van der Waals surface area contributed by atoms with E-state index in [9.17, 15) is 4.79 Å². The van der Waals surface area contributed by atoms with Crippen LogP contribution in [0.5, 0.6) is 0 Å². The molecule has 0 aromatic rings. The van der Waals surface area contributed by atoms with E-state index in [2.05, 4.69) is 20.8 Å². The average Bonchev–Trinajstić information content (AvgIpc) is 2.16. The van der Waals surface area contributed by atoms with E-state index in [1.54, 1.807) is 0 Å². The Morgan fingerprint density at radius 3 is 1.76 bits per heavy atom. The normalized spacial score (nSPS) is 21.1. The minimum atomic E-state index is -0.407. The molecule has 2 heteroatoms. The zero-order valence-electron chi connectivity index (χ0n) is 12.4. The lowest BCUT2D eigenvalue weighted by molar-refractivity contribution is -0.189. The van der Waals surface area contributed by atoms with Gasteiger partial charge in [0.25, 0.3) is 0 Å². The Labute approximate surface area is 106 Å². The van der Waals surface area contributed by atoms with Crippen LogP contribution in [0.1, 0.15) is 73.6 Å². The molecule has 0 aliphatic heterocycles. The van der Waals surface area contributed by atoms with Crippen molar-refractivity contribution in [3.63, 3.8) is 0 Å². The van der Waals surface area contributed by atoms with Gasteiger partial charge in [-0.15, -0.1) is 0 Å². The minimum Gasteiger partial charge on any atom is -0.458 e. The van der Waals surface area contributed by atoms with Crippen LogP contribution >= 0.6 is 0 Å². The molecule has 1 rings (SSSR count). The van der Waals surface area contributed by atoms with Crippen LogP contribution < -0.4 is 0 Å². The molecule has 0 bridgehead atoms. The van der Waals surface area contributed by atoms with Crippen molar-refractivity contribution in [1.82, 2.24) is 0 Å². The summed E-state index contributed by atoms with van der Waals surface area (Å²) in [5.74, 6) is -0.0608. The van der Waals surface area contributed by atoms with Gasteiger partial charge in [0, 0.05) is 5.41 Å². The maximum absolute atomic E-state index is 12.2. The molecular formula is C15H28O2. The number of carbonyl (C=O) groups excluding carboxylic acids is 1. The van der Waals surface area contributed by atoms with Gasteiger partial charge in [-0.25, -0.2) is 0 Å². The Hall–Kier alpha value is -0.530. The van der Waals surface area contributed by atoms with Crippen LogP contribution in [0.4, 0.5) is 0 Å². The fourth-order valence-corrected chi connectivity index (χ4v) is 2.46. The van der Waals surface area contributed by atoms with Gasteiger partial charge >= 0.3 is 5.97 Å². The van der Waals surface area contributed by atoms with Gasteiger partial charge in [0.15, 0.2) is 0 Å². The van der Waals surface area contributed by atoms with Crippen molar-refractivity contribution >= 4 is 5.97 Å². The molecule has 0 spiro atoms. The maximum atomic E-state index is 12.2. The Balaban J connectivity index is 2.89. The first-order chi connectivity index (χ1) is 7.58. The Bertz CT molecular complexity index is 272. The van der Waals surface area contributed by atoms with Crippen molar-refractivity contribution in [3.05, 3.63) is 0 Å². The summed E-state index contributed by atoms with van der Waals surface area (Å²) in [6.45, 7) is 12.3.